The van der Waals surface area contributed by atoms with Crippen LogP contribution in [0.1, 0.15) is 55.3 Å². The second-order valence-corrected chi connectivity index (χ2v) is 12.9. The minimum atomic E-state index is -0.533. The van der Waals surface area contributed by atoms with Gasteiger partial charge in [0, 0.05) is 32.4 Å². The number of carbonyl (C=O) groups excluding carboxylic acids is 1. The fourth-order valence-electron chi connectivity index (χ4n) is 7.40. The van der Waals surface area contributed by atoms with Crippen molar-refractivity contribution in [2.45, 2.75) is 51.0 Å². The largest absolute Gasteiger partial charge is 0.451 e. The normalized spacial score (nSPS) is 18.0. The number of likely N-dealkylation sites (tertiary alicyclic amines) is 2. The highest BCUT2D eigenvalue weighted by Gasteiger charge is 2.30. The molecule has 45 heavy (non-hydrogen) atoms. The Morgan fingerprint density at radius 3 is 2.60 bits per heavy atom. The molecule has 3 aliphatic rings. The van der Waals surface area contributed by atoms with Gasteiger partial charge >= 0.3 is 0 Å². The van der Waals surface area contributed by atoms with Crippen molar-refractivity contribution < 1.29 is 13.9 Å². The van der Waals surface area contributed by atoms with Crippen LogP contribution in [-0.2, 0) is 0 Å². The average Bonchev–Trinajstić information content (AvgIpc) is 3.71. The SMILES string of the molecule is CN(CCCCN1CCCC1)c1c(F)cc2c(=O)c(C(=O)NCCC3CCCN3C)cn3c2c1Oc1cc2ccccc2cc1-3. The van der Waals surface area contributed by atoms with Crippen LogP contribution in [0.15, 0.2) is 53.5 Å². The summed E-state index contributed by atoms with van der Waals surface area (Å²) in [5.74, 6) is -0.116. The fraction of sp³-hybridized carbons (Fsp3) is 0.444. The van der Waals surface area contributed by atoms with E-state index in [1.54, 1.807) is 6.20 Å². The lowest BCUT2D eigenvalue weighted by Gasteiger charge is -2.29. The third-order valence-corrected chi connectivity index (χ3v) is 9.95. The predicted molar refractivity (Wildman–Crippen MR) is 178 cm³/mol. The Labute approximate surface area is 263 Å². The molecule has 2 fully saturated rings. The number of pyridine rings is 1. The molecule has 1 N–H and O–H groups in total. The maximum atomic E-state index is 16.1. The first-order valence-corrected chi connectivity index (χ1v) is 16.4. The Balaban J connectivity index is 1.26. The Bertz CT molecular complexity index is 1810. The standard InChI is InChI=1S/C36H42FN5O3/c1-39-16-9-12-26(39)13-14-38-36(44)28-23-42-30-20-24-10-3-4-11-25(24)21-31(30)45-35-32(42)27(34(28)43)22-29(37)33(35)40(2)15-5-6-17-41-18-7-8-19-41/h3-4,10-11,20-23,26H,5-9,12-19H2,1-2H3,(H,38,44). The Morgan fingerprint density at radius 1 is 1.07 bits per heavy atom. The zero-order chi connectivity index (χ0) is 31.1. The summed E-state index contributed by atoms with van der Waals surface area (Å²) in [5, 5.41) is 5.09. The molecule has 0 spiro atoms. The van der Waals surface area contributed by atoms with E-state index < -0.39 is 17.2 Å². The maximum Gasteiger partial charge on any atom is 0.256 e. The number of halogens is 1. The van der Waals surface area contributed by atoms with Gasteiger partial charge in [0.25, 0.3) is 5.91 Å². The van der Waals surface area contributed by atoms with E-state index in [-0.39, 0.29) is 10.9 Å². The average molecular weight is 612 g/mol. The van der Waals surface area contributed by atoms with E-state index in [0.717, 1.165) is 69.1 Å². The summed E-state index contributed by atoms with van der Waals surface area (Å²) in [5.41, 5.74) is 1.01. The number of benzene rings is 3. The summed E-state index contributed by atoms with van der Waals surface area (Å²) in [6, 6.07) is 13.6. The van der Waals surface area contributed by atoms with Gasteiger partial charge in [-0.25, -0.2) is 4.39 Å². The van der Waals surface area contributed by atoms with Crippen LogP contribution in [-0.4, -0.2) is 79.7 Å². The minimum absolute atomic E-state index is 0.00310. The van der Waals surface area contributed by atoms with Crippen LogP contribution in [0.4, 0.5) is 10.1 Å². The van der Waals surface area contributed by atoms with Gasteiger partial charge in [-0.1, -0.05) is 24.3 Å². The quantitative estimate of drug-likeness (QED) is 0.198. The molecule has 1 aromatic heterocycles. The zero-order valence-electron chi connectivity index (χ0n) is 26.3. The van der Waals surface area contributed by atoms with Gasteiger partial charge in [-0.05, 0) is 107 Å². The molecule has 2 saturated heterocycles. The van der Waals surface area contributed by atoms with E-state index in [1.807, 2.05) is 52.9 Å². The summed E-state index contributed by atoms with van der Waals surface area (Å²) in [6.07, 6.45) is 9.17. The number of rotatable bonds is 10. The molecule has 0 saturated carbocycles. The first kappa shape index (κ1) is 29.7. The molecule has 3 aromatic carbocycles. The number of amides is 1. The van der Waals surface area contributed by atoms with E-state index in [4.69, 9.17) is 4.74 Å². The summed E-state index contributed by atoms with van der Waals surface area (Å²) in [7, 11) is 3.98. The summed E-state index contributed by atoms with van der Waals surface area (Å²) in [6.45, 7) is 5.57. The number of nitrogens with zero attached hydrogens (tertiary/aromatic N) is 4. The minimum Gasteiger partial charge on any atom is -0.451 e. The molecule has 3 aliphatic heterocycles. The van der Waals surface area contributed by atoms with Gasteiger partial charge in [0.1, 0.15) is 16.8 Å². The van der Waals surface area contributed by atoms with E-state index in [2.05, 4.69) is 22.2 Å². The third kappa shape index (κ3) is 5.68. The number of ether oxygens (including phenoxy) is 1. The Hall–Kier alpha value is -3.95. The number of fused-ring (bicyclic) bond motifs is 3. The van der Waals surface area contributed by atoms with Crippen LogP contribution in [0.2, 0.25) is 0 Å². The second-order valence-electron chi connectivity index (χ2n) is 12.9. The van der Waals surface area contributed by atoms with Gasteiger partial charge in [0.15, 0.2) is 17.3 Å². The van der Waals surface area contributed by atoms with Crippen LogP contribution in [0.5, 0.6) is 11.5 Å². The van der Waals surface area contributed by atoms with Gasteiger partial charge in [0.2, 0.25) is 5.43 Å². The molecule has 0 bridgehead atoms. The molecule has 8 nitrogen and oxygen atoms in total. The summed E-state index contributed by atoms with van der Waals surface area (Å²) in [4.78, 5) is 34.0. The maximum absolute atomic E-state index is 16.1. The smallest absolute Gasteiger partial charge is 0.256 e. The van der Waals surface area contributed by atoms with Crippen molar-refractivity contribution in [3.63, 3.8) is 0 Å². The van der Waals surface area contributed by atoms with Crippen LogP contribution in [0.3, 0.4) is 0 Å². The highest BCUT2D eigenvalue weighted by Crippen LogP contribution is 2.47. The van der Waals surface area contributed by atoms with E-state index in [0.29, 0.717) is 47.5 Å². The van der Waals surface area contributed by atoms with E-state index >= 15 is 4.39 Å². The van der Waals surface area contributed by atoms with Crippen molar-refractivity contribution in [1.29, 1.82) is 0 Å². The number of hydrogen-bond donors (Lipinski definition) is 1. The molecule has 1 amide bonds. The summed E-state index contributed by atoms with van der Waals surface area (Å²) >= 11 is 0. The Kier molecular flexibility index (Phi) is 8.23. The lowest BCUT2D eigenvalue weighted by atomic mass is 10.0. The topological polar surface area (TPSA) is 70.1 Å². The highest BCUT2D eigenvalue weighted by atomic mass is 19.1. The molecule has 1 atom stereocenters. The van der Waals surface area contributed by atoms with Crippen LogP contribution >= 0.6 is 0 Å². The van der Waals surface area contributed by atoms with Crippen LogP contribution in [0.25, 0.3) is 27.4 Å². The van der Waals surface area contributed by atoms with Gasteiger partial charge in [-0.15, -0.1) is 0 Å². The van der Waals surface area contributed by atoms with E-state index in [9.17, 15) is 9.59 Å². The molecule has 7 rings (SSSR count). The van der Waals surface area contributed by atoms with Gasteiger partial charge < -0.3 is 29.3 Å². The number of nitrogens with one attached hydrogen (secondary N) is 1. The van der Waals surface area contributed by atoms with Gasteiger partial charge in [-0.3, -0.25) is 9.59 Å². The van der Waals surface area contributed by atoms with E-state index in [1.165, 1.54) is 18.9 Å². The van der Waals surface area contributed by atoms with Crippen molar-refractivity contribution in [3.8, 4) is 17.2 Å². The number of unbranched alkanes of at least 4 members (excludes halogenated alkanes) is 1. The second kappa shape index (κ2) is 12.4. The van der Waals surface area contributed by atoms with Crippen molar-refractivity contribution in [3.05, 3.63) is 70.3 Å². The van der Waals surface area contributed by atoms with Gasteiger partial charge in [0.05, 0.1) is 11.1 Å². The molecule has 0 radical (unpaired) electrons. The van der Waals surface area contributed by atoms with Crippen molar-refractivity contribution in [2.75, 3.05) is 58.3 Å². The Morgan fingerprint density at radius 2 is 1.84 bits per heavy atom. The number of anilines is 1. The molecule has 236 valence electrons. The van der Waals surface area contributed by atoms with Crippen molar-refractivity contribution >= 4 is 33.3 Å². The monoisotopic (exact) mass is 611 g/mol. The predicted octanol–water partition coefficient (Wildman–Crippen LogP) is 5.92. The molecule has 0 aliphatic carbocycles. The molecular formula is C36H42FN5O3. The third-order valence-electron chi connectivity index (χ3n) is 9.95. The molecule has 1 unspecified atom stereocenters. The molecule has 9 heteroatoms. The van der Waals surface area contributed by atoms with Crippen molar-refractivity contribution in [2.24, 2.45) is 0 Å². The zero-order valence-corrected chi connectivity index (χ0v) is 26.3. The number of aromatic nitrogens is 1. The fourth-order valence-corrected chi connectivity index (χ4v) is 7.40. The lowest BCUT2D eigenvalue weighted by molar-refractivity contribution is 0.0949. The van der Waals surface area contributed by atoms with Crippen LogP contribution < -0.4 is 20.4 Å². The molecular weight excluding hydrogens is 569 g/mol. The summed E-state index contributed by atoms with van der Waals surface area (Å²) < 4.78 is 24.5. The van der Waals surface area contributed by atoms with Crippen LogP contribution in [0, 0.1) is 5.82 Å². The number of carbonyl (C=O) groups is 1. The lowest BCUT2D eigenvalue weighted by Crippen LogP contribution is -2.34. The first-order valence-electron chi connectivity index (χ1n) is 16.4. The van der Waals surface area contributed by atoms with Crippen molar-refractivity contribution in [1.82, 2.24) is 19.7 Å². The van der Waals surface area contributed by atoms with Gasteiger partial charge in [-0.2, -0.15) is 0 Å². The molecule has 4 heterocycles. The highest BCUT2D eigenvalue weighted by molar-refractivity contribution is 6.02. The number of hydrogen-bond acceptors (Lipinski definition) is 6. The first-order chi connectivity index (χ1) is 21.9. The molecule has 4 aromatic rings.